The minimum Gasteiger partial charge on any atom is -0.384 e. The van der Waals surface area contributed by atoms with Crippen LogP contribution in [-0.4, -0.2) is 34.9 Å². The van der Waals surface area contributed by atoms with Crippen molar-refractivity contribution in [1.29, 1.82) is 0 Å². The van der Waals surface area contributed by atoms with E-state index in [9.17, 15) is 10.2 Å². The molecule has 3 heterocycles. The van der Waals surface area contributed by atoms with Gasteiger partial charge in [0.1, 0.15) is 16.9 Å². The van der Waals surface area contributed by atoms with Gasteiger partial charge in [-0.25, -0.2) is 9.67 Å². The Morgan fingerprint density at radius 1 is 1.13 bits per heavy atom. The quantitative estimate of drug-likeness (QED) is 0.480. The van der Waals surface area contributed by atoms with E-state index in [2.05, 4.69) is 20.1 Å². The highest BCUT2D eigenvalue weighted by Gasteiger charge is 2.40. The molecular formula is C22H22N6O2. The van der Waals surface area contributed by atoms with Crippen LogP contribution in [-0.2, 0) is 17.6 Å². The Balaban J connectivity index is 1.76. The number of rotatable bonds is 3. The number of pyridine rings is 1. The summed E-state index contributed by atoms with van der Waals surface area (Å²) in [5.74, 6) is 0.613. The van der Waals surface area contributed by atoms with Gasteiger partial charge in [-0.2, -0.15) is 10.1 Å². The zero-order valence-corrected chi connectivity index (χ0v) is 16.7. The van der Waals surface area contributed by atoms with E-state index < -0.39 is 11.2 Å². The Bertz CT molecular complexity index is 1280. The predicted octanol–water partition coefficient (Wildman–Crippen LogP) is 2.20. The van der Waals surface area contributed by atoms with E-state index in [4.69, 9.17) is 5.73 Å². The molecule has 0 fully saturated rings. The van der Waals surface area contributed by atoms with Crippen LogP contribution >= 0.6 is 0 Å². The first-order valence-electron chi connectivity index (χ1n) is 9.79. The minimum atomic E-state index is -1.18. The monoisotopic (exact) mass is 402 g/mol. The number of hydrogen-bond acceptors (Lipinski definition) is 7. The second kappa shape index (κ2) is 6.32. The molecular weight excluding hydrogens is 380 g/mol. The van der Waals surface area contributed by atoms with Crippen LogP contribution in [0, 0.1) is 0 Å². The maximum Gasteiger partial charge on any atom is 0.221 e. The van der Waals surface area contributed by atoms with Crippen LogP contribution < -0.4 is 5.73 Å². The highest BCUT2D eigenvalue weighted by molar-refractivity contribution is 5.85. The van der Waals surface area contributed by atoms with Crippen molar-refractivity contribution in [3.05, 3.63) is 71.3 Å². The maximum absolute atomic E-state index is 11.6. The predicted molar refractivity (Wildman–Crippen MR) is 112 cm³/mol. The third-order valence-electron chi connectivity index (χ3n) is 5.65. The number of nitrogen functional groups attached to an aromatic ring is 1. The van der Waals surface area contributed by atoms with Gasteiger partial charge in [0.15, 0.2) is 5.82 Å². The Morgan fingerprint density at radius 3 is 2.73 bits per heavy atom. The molecule has 8 heteroatoms. The van der Waals surface area contributed by atoms with Crippen LogP contribution in [0.1, 0.15) is 42.8 Å². The van der Waals surface area contributed by atoms with Crippen molar-refractivity contribution in [2.24, 2.45) is 0 Å². The van der Waals surface area contributed by atoms with Crippen molar-refractivity contribution in [3.63, 3.8) is 0 Å². The summed E-state index contributed by atoms with van der Waals surface area (Å²) in [7, 11) is 0. The van der Waals surface area contributed by atoms with E-state index in [0.717, 1.165) is 22.9 Å². The molecule has 1 aromatic carbocycles. The Kier molecular flexibility index (Phi) is 3.93. The molecule has 1 unspecified atom stereocenters. The van der Waals surface area contributed by atoms with Crippen LogP contribution in [0.3, 0.4) is 0 Å². The lowest BCUT2D eigenvalue weighted by Gasteiger charge is -2.24. The molecule has 4 N–H and O–H groups in total. The first-order chi connectivity index (χ1) is 14.3. The first-order valence-corrected chi connectivity index (χ1v) is 9.79. The third kappa shape index (κ3) is 2.76. The standard InChI is InChI=1S/C22H22N6O2/c1-21(2,29)19-15-6-5-14(22(30)9-7-13-4-3-10-24-18(13)22)12-16(15)28(27-19)17-8-11-25-20(23)26-17/h3-6,8,10-12,29-30H,7,9H2,1-2H3,(H2,23,25,26). The van der Waals surface area contributed by atoms with Gasteiger partial charge in [-0.05, 0) is 49.9 Å². The maximum atomic E-state index is 11.6. The smallest absolute Gasteiger partial charge is 0.221 e. The Morgan fingerprint density at radius 2 is 1.97 bits per heavy atom. The number of aryl methyl sites for hydroxylation is 1. The van der Waals surface area contributed by atoms with E-state index in [0.29, 0.717) is 29.1 Å². The Hall–Kier alpha value is -3.36. The van der Waals surface area contributed by atoms with Gasteiger partial charge in [-0.15, -0.1) is 0 Å². The average molecular weight is 402 g/mol. The van der Waals surface area contributed by atoms with Crippen molar-refractivity contribution in [3.8, 4) is 5.82 Å². The molecule has 0 amide bonds. The van der Waals surface area contributed by atoms with Crippen molar-refractivity contribution in [2.75, 3.05) is 5.73 Å². The highest BCUT2D eigenvalue weighted by atomic mass is 16.3. The molecule has 1 aliphatic rings. The zero-order chi connectivity index (χ0) is 21.1. The average Bonchev–Trinajstić information content (AvgIpc) is 3.27. The summed E-state index contributed by atoms with van der Waals surface area (Å²) < 4.78 is 1.63. The van der Waals surface area contributed by atoms with E-state index in [-0.39, 0.29) is 5.95 Å². The van der Waals surface area contributed by atoms with Gasteiger partial charge in [0.05, 0.1) is 11.2 Å². The summed E-state index contributed by atoms with van der Waals surface area (Å²) in [6.07, 6.45) is 4.57. The number of fused-ring (bicyclic) bond motifs is 2. The van der Waals surface area contributed by atoms with Crippen molar-refractivity contribution >= 4 is 16.9 Å². The van der Waals surface area contributed by atoms with Gasteiger partial charge in [0.25, 0.3) is 0 Å². The zero-order valence-electron chi connectivity index (χ0n) is 16.7. The van der Waals surface area contributed by atoms with Gasteiger partial charge in [-0.3, -0.25) is 4.98 Å². The molecule has 0 radical (unpaired) electrons. The molecule has 1 atom stereocenters. The number of benzene rings is 1. The number of anilines is 1. The lowest BCUT2D eigenvalue weighted by molar-refractivity contribution is 0.0749. The summed E-state index contributed by atoms with van der Waals surface area (Å²) in [6, 6.07) is 11.2. The molecule has 152 valence electrons. The largest absolute Gasteiger partial charge is 0.384 e. The van der Waals surface area contributed by atoms with E-state index in [1.807, 2.05) is 30.3 Å². The highest BCUT2D eigenvalue weighted by Crippen LogP contribution is 2.42. The summed E-state index contributed by atoms with van der Waals surface area (Å²) in [5.41, 5.74) is 7.11. The van der Waals surface area contributed by atoms with Gasteiger partial charge in [-0.1, -0.05) is 18.2 Å². The van der Waals surface area contributed by atoms with E-state index >= 15 is 0 Å². The topological polar surface area (TPSA) is 123 Å². The van der Waals surface area contributed by atoms with Crippen LogP contribution in [0.25, 0.3) is 16.7 Å². The van der Waals surface area contributed by atoms with Crippen molar-refractivity contribution in [1.82, 2.24) is 24.7 Å². The van der Waals surface area contributed by atoms with Crippen molar-refractivity contribution in [2.45, 2.75) is 37.9 Å². The third-order valence-corrected chi connectivity index (χ3v) is 5.65. The van der Waals surface area contributed by atoms with E-state index in [1.54, 1.807) is 37.0 Å². The van der Waals surface area contributed by atoms with Crippen LogP contribution in [0.15, 0.2) is 48.8 Å². The molecule has 30 heavy (non-hydrogen) atoms. The van der Waals surface area contributed by atoms with Gasteiger partial charge in [0, 0.05) is 23.8 Å². The summed E-state index contributed by atoms with van der Waals surface area (Å²) in [4.78, 5) is 12.7. The lowest BCUT2D eigenvalue weighted by Crippen LogP contribution is -2.25. The molecule has 0 spiro atoms. The molecule has 4 aromatic rings. The molecule has 5 rings (SSSR count). The lowest BCUT2D eigenvalue weighted by atomic mass is 9.89. The SMILES string of the molecule is CC(C)(O)c1nn(-c2ccnc(N)n2)c2cc(C3(O)CCc4cccnc43)ccc12. The second-order valence-electron chi connectivity index (χ2n) is 8.20. The van der Waals surface area contributed by atoms with Crippen LogP contribution in [0.4, 0.5) is 5.95 Å². The molecule has 3 aromatic heterocycles. The number of nitrogens with two attached hydrogens (primary N) is 1. The molecule has 8 nitrogen and oxygen atoms in total. The minimum absolute atomic E-state index is 0.129. The van der Waals surface area contributed by atoms with Crippen molar-refractivity contribution < 1.29 is 10.2 Å². The molecule has 1 aliphatic carbocycles. The number of aliphatic hydroxyl groups is 2. The van der Waals surface area contributed by atoms with E-state index in [1.165, 1.54) is 0 Å². The molecule has 0 saturated heterocycles. The number of aromatic nitrogens is 5. The fraction of sp³-hybridized carbons (Fsp3) is 0.273. The fourth-order valence-corrected chi connectivity index (χ4v) is 4.21. The second-order valence-corrected chi connectivity index (χ2v) is 8.20. The van der Waals surface area contributed by atoms with Crippen LogP contribution in [0.2, 0.25) is 0 Å². The van der Waals surface area contributed by atoms with Gasteiger partial charge < -0.3 is 15.9 Å². The summed E-state index contributed by atoms with van der Waals surface area (Å²) in [5, 5.41) is 27.6. The number of hydrogen-bond donors (Lipinski definition) is 3. The summed E-state index contributed by atoms with van der Waals surface area (Å²) >= 11 is 0. The normalized spacial score (nSPS) is 18.7. The van der Waals surface area contributed by atoms with Gasteiger partial charge in [0.2, 0.25) is 5.95 Å². The first kappa shape index (κ1) is 18.7. The molecule has 0 saturated carbocycles. The molecule has 0 bridgehead atoms. The summed E-state index contributed by atoms with van der Waals surface area (Å²) in [6.45, 7) is 3.37. The Labute approximate surface area is 173 Å². The molecule has 0 aliphatic heterocycles. The van der Waals surface area contributed by atoms with Crippen LogP contribution in [0.5, 0.6) is 0 Å². The number of nitrogens with zero attached hydrogens (tertiary/aromatic N) is 5. The fourth-order valence-electron chi connectivity index (χ4n) is 4.21. The van der Waals surface area contributed by atoms with Gasteiger partial charge >= 0.3 is 0 Å².